The molecule has 0 bridgehead atoms. The molecule has 1 fully saturated rings. The van der Waals surface area contributed by atoms with Crippen LogP contribution in [0.1, 0.15) is 38.2 Å². The number of nitrogens with zero attached hydrogens (tertiary/aromatic N) is 2. The number of rotatable bonds is 8. The smallest absolute Gasteiger partial charge is 0.245 e. The Balaban J connectivity index is 1.41. The topological polar surface area (TPSA) is 73.9 Å². The highest BCUT2D eigenvalue weighted by molar-refractivity contribution is 5.88. The fraction of sp³-hybridized carbons (Fsp3) is 0.545. The van der Waals surface area contributed by atoms with Crippen LogP contribution in [0, 0.1) is 5.92 Å². The lowest BCUT2D eigenvalue weighted by molar-refractivity contribution is -0.137. The second-order valence-electron chi connectivity index (χ2n) is 7.87. The fourth-order valence-electron chi connectivity index (χ4n) is 3.65. The molecule has 2 heterocycles. The van der Waals surface area contributed by atoms with Gasteiger partial charge in [-0.3, -0.25) is 15.0 Å². The Bertz CT molecular complexity index is 724. The zero-order valence-corrected chi connectivity index (χ0v) is 17.4. The molecule has 2 aliphatic rings. The third-order valence-corrected chi connectivity index (χ3v) is 5.59. The van der Waals surface area contributed by atoms with Crippen molar-refractivity contribution in [3.8, 4) is 5.75 Å². The molecule has 2 amide bonds. The monoisotopic (exact) mass is 400 g/mol. The first-order valence-corrected chi connectivity index (χ1v) is 10.5. The maximum absolute atomic E-state index is 12.3. The number of carbonyl (C=O) groups is 2. The molecular weight excluding hydrogens is 368 g/mol. The second kappa shape index (κ2) is 10.3. The first kappa shape index (κ1) is 21.2. The van der Waals surface area contributed by atoms with Crippen LogP contribution in [0.3, 0.4) is 0 Å². The fourth-order valence-corrected chi connectivity index (χ4v) is 3.65. The predicted octanol–water partition coefficient (Wildman–Crippen LogP) is 2.01. The molecule has 0 unspecified atom stereocenters. The van der Waals surface area contributed by atoms with Crippen molar-refractivity contribution < 1.29 is 14.3 Å². The van der Waals surface area contributed by atoms with Crippen LogP contribution >= 0.6 is 0 Å². The lowest BCUT2D eigenvalue weighted by Crippen LogP contribution is -2.49. The zero-order chi connectivity index (χ0) is 20.6. The van der Waals surface area contributed by atoms with Gasteiger partial charge in [0, 0.05) is 13.0 Å². The van der Waals surface area contributed by atoms with Crippen molar-refractivity contribution in [3.05, 3.63) is 35.9 Å². The Labute approximate surface area is 173 Å². The number of hydrogen-bond donors (Lipinski definition) is 2. The molecule has 1 saturated heterocycles. The Hall–Kier alpha value is -2.54. The van der Waals surface area contributed by atoms with E-state index in [1.165, 1.54) is 17.9 Å². The van der Waals surface area contributed by atoms with E-state index in [1.807, 2.05) is 30.3 Å². The molecule has 1 aromatic rings. The molecule has 7 heteroatoms. The molecule has 2 N–H and O–H groups in total. The number of benzene rings is 1. The average molecular weight is 401 g/mol. The van der Waals surface area contributed by atoms with Gasteiger partial charge in [0.15, 0.2) is 0 Å². The summed E-state index contributed by atoms with van der Waals surface area (Å²) < 4.78 is 5.18. The largest absolute Gasteiger partial charge is 0.497 e. The number of piperidine rings is 1. The summed E-state index contributed by atoms with van der Waals surface area (Å²) in [5.74, 6) is 1.35. The molecule has 1 aromatic carbocycles. The van der Waals surface area contributed by atoms with Gasteiger partial charge in [-0.15, -0.1) is 0 Å². The van der Waals surface area contributed by atoms with E-state index < -0.39 is 0 Å². The Morgan fingerprint density at radius 1 is 1.24 bits per heavy atom. The number of hydrogen-bond acceptors (Lipinski definition) is 5. The molecular formula is C22H32N4O3. The van der Waals surface area contributed by atoms with Crippen LogP contribution in [-0.4, -0.2) is 61.6 Å². The normalized spacial score (nSPS) is 18.2. The summed E-state index contributed by atoms with van der Waals surface area (Å²) in [5.41, 5.74) is 4.83. The van der Waals surface area contributed by atoms with Gasteiger partial charge in [-0.2, -0.15) is 0 Å². The lowest BCUT2D eigenvalue weighted by atomic mass is 9.99. The highest BCUT2D eigenvalue weighted by Gasteiger charge is 2.22. The lowest BCUT2D eigenvalue weighted by Gasteiger charge is -2.30. The molecule has 0 aliphatic carbocycles. The van der Waals surface area contributed by atoms with Gasteiger partial charge in [0.1, 0.15) is 12.3 Å². The molecule has 3 rings (SSSR count). The maximum atomic E-state index is 12.3. The molecule has 0 saturated carbocycles. The van der Waals surface area contributed by atoms with E-state index in [4.69, 9.17) is 4.74 Å². The molecule has 2 aliphatic heterocycles. The van der Waals surface area contributed by atoms with Crippen molar-refractivity contribution in [2.45, 2.75) is 32.6 Å². The average Bonchev–Trinajstić information content (AvgIpc) is 2.74. The summed E-state index contributed by atoms with van der Waals surface area (Å²) in [4.78, 5) is 26.9. The molecule has 0 spiro atoms. The first-order valence-electron chi connectivity index (χ1n) is 10.5. The standard InChI is InChI=1S/C22H32N4O3/c1-17-10-14-25(15-11-17)13-3-12-23-21(27)16-26-22(28)9-8-20(24-26)18-4-6-19(29-2)7-5-18/h4-8,17,24H,3,9-16H2,1-2H3,(H,23,27). The van der Waals surface area contributed by atoms with Crippen LogP contribution in [0.4, 0.5) is 0 Å². The van der Waals surface area contributed by atoms with Crippen LogP contribution in [0.15, 0.2) is 30.3 Å². The maximum Gasteiger partial charge on any atom is 0.245 e. The van der Waals surface area contributed by atoms with E-state index in [9.17, 15) is 9.59 Å². The van der Waals surface area contributed by atoms with E-state index in [0.717, 1.165) is 49.0 Å². The Morgan fingerprint density at radius 2 is 1.97 bits per heavy atom. The molecule has 0 atom stereocenters. The molecule has 7 nitrogen and oxygen atoms in total. The number of likely N-dealkylation sites (tertiary alicyclic amines) is 1. The summed E-state index contributed by atoms with van der Waals surface area (Å²) in [6.07, 6.45) is 5.57. The SMILES string of the molecule is COc1ccc(C2=CCC(=O)N(CC(=O)NCCCN3CCC(C)CC3)N2)cc1. The van der Waals surface area contributed by atoms with Gasteiger partial charge in [-0.1, -0.05) is 6.92 Å². The van der Waals surface area contributed by atoms with Crippen molar-refractivity contribution in [2.24, 2.45) is 5.92 Å². The summed E-state index contributed by atoms with van der Waals surface area (Å²) in [6.45, 7) is 6.27. The summed E-state index contributed by atoms with van der Waals surface area (Å²) in [5, 5.41) is 4.32. The Kier molecular flexibility index (Phi) is 7.52. The zero-order valence-electron chi connectivity index (χ0n) is 17.4. The van der Waals surface area contributed by atoms with Gasteiger partial charge in [0.05, 0.1) is 12.8 Å². The summed E-state index contributed by atoms with van der Waals surface area (Å²) in [7, 11) is 1.62. The summed E-state index contributed by atoms with van der Waals surface area (Å²) in [6, 6.07) is 7.59. The van der Waals surface area contributed by atoms with Gasteiger partial charge in [0.2, 0.25) is 11.8 Å². The van der Waals surface area contributed by atoms with Crippen LogP contribution < -0.4 is 15.5 Å². The van der Waals surface area contributed by atoms with E-state index >= 15 is 0 Å². The van der Waals surface area contributed by atoms with Crippen molar-refractivity contribution in [2.75, 3.05) is 39.8 Å². The van der Waals surface area contributed by atoms with Gasteiger partial charge >= 0.3 is 0 Å². The number of methoxy groups -OCH3 is 1. The molecule has 29 heavy (non-hydrogen) atoms. The third-order valence-electron chi connectivity index (χ3n) is 5.59. The second-order valence-corrected chi connectivity index (χ2v) is 7.87. The van der Waals surface area contributed by atoms with E-state index in [0.29, 0.717) is 6.54 Å². The number of hydrazine groups is 1. The number of carbonyl (C=O) groups excluding carboxylic acids is 2. The van der Waals surface area contributed by atoms with Crippen LogP contribution in [-0.2, 0) is 9.59 Å². The number of nitrogens with one attached hydrogen (secondary N) is 2. The van der Waals surface area contributed by atoms with Crippen molar-refractivity contribution >= 4 is 17.5 Å². The quantitative estimate of drug-likeness (QED) is 0.653. The minimum atomic E-state index is -0.144. The number of amides is 2. The van der Waals surface area contributed by atoms with Gasteiger partial charge < -0.3 is 15.0 Å². The first-order chi connectivity index (χ1) is 14.0. The van der Waals surface area contributed by atoms with Crippen molar-refractivity contribution in [1.29, 1.82) is 0 Å². The highest BCUT2D eigenvalue weighted by Crippen LogP contribution is 2.20. The van der Waals surface area contributed by atoms with Crippen LogP contribution in [0.5, 0.6) is 5.75 Å². The van der Waals surface area contributed by atoms with E-state index in [1.54, 1.807) is 7.11 Å². The molecule has 0 aromatic heterocycles. The highest BCUT2D eigenvalue weighted by atomic mass is 16.5. The molecule has 158 valence electrons. The minimum Gasteiger partial charge on any atom is -0.497 e. The summed E-state index contributed by atoms with van der Waals surface area (Å²) >= 11 is 0. The minimum absolute atomic E-state index is 0.00750. The van der Waals surface area contributed by atoms with Crippen LogP contribution in [0.25, 0.3) is 5.70 Å². The van der Waals surface area contributed by atoms with Gasteiger partial charge in [-0.05, 0) is 80.7 Å². The van der Waals surface area contributed by atoms with Gasteiger partial charge in [-0.25, -0.2) is 5.01 Å². The molecule has 0 radical (unpaired) electrons. The van der Waals surface area contributed by atoms with Crippen molar-refractivity contribution in [1.82, 2.24) is 20.7 Å². The third kappa shape index (κ3) is 6.22. The van der Waals surface area contributed by atoms with E-state index in [2.05, 4.69) is 22.6 Å². The van der Waals surface area contributed by atoms with Gasteiger partial charge in [0.25, 0.3) is 0 Å². The van der Waals surface area contributed by atoms with Crippen LogP contribution in [0.2, 0.25) is 0 Å². The van der Waals surface area contributed by atoms with Crippen molar-refractivity contribution in [3.63, 3.8) is 0 Å². The van der Waals surface area contributed by atoms with E-state index in [-0.39, 0.29) is 24.8 Å². The Morgan fingerprint density at radius 3 is 2.66 bits per heavy atom. The number of ether oxygens (including phenoxy) is 1. The predicted molar refractivity (Wildman–Crippen MR) is 113 cm³/mol.